The summed E-state index contributed by atoms with van der Waals surface area (Å²) in [5, 5.41) is 0. The van der Waals surface area contributed by atoms with Gasteiger partial charge in [-0.15, -0.1) is 0 Å². The van der Waals surface area contributed by atoms with E-state index in [1.807, 2.05) is 17.2 Å². The van der Waals surface area contributed by atoms with Crippen LogP contribution >= 0.6 is 15.9 Å². The highest BCUT2D eigenvalue weighted by Crippen LogP contribution is 2.38. The monoisotopic (exact) mass is 354 g/mol. The van der Waals surface area contributed by atoms with Crippen LogP contribution in [0.15, 0.2) is 16.7 Å². The van der Waals surface area contributed by atoms with E-state index in [1.54, 1.807) is 0 Å². The Kier molecular flexibility index (Phi) is 4.06. The Morgan fingerprint density at radius 1 is 1.24 bits per heavy atom. The Labute approximate surface area is 132 Å². The van der Waals surface area contributed by atoms with Gasteiger partial charge in [0.05, 0.1) is 13.0 Å². The SMILES string of the molecule is COC(=O)C1CCN(C(=O)c2cc(Br)cn2C2CC2)CC1. The van der Waals surface area contributed by atoms with Gasteiger partial charge in [0.15, 0.2) is 0 Å². The lowest BCUT2D eigenvalue weighted by Gasteiger charge is -2.30. The molecule has 0 atom stereocenters. The molecule has 1 aromatic rings. The number of amides is 1. The van der Waals surface area contributed by atoms with Crippen LogP contribution in [0, 0.1) is 5.92 Å². The van der Waals surface area contributed by atoms with Crippen molar-refractivity contribution in [2.24, 2.45) is 5.92 Å². The third kappa shape index (κ3) is 3.00. The zero-order chi connectivity index (χ0) is 15.0. The van der Waals surface area contributed by atoms with E-state index in [9.17, 15) is 9.59 Å². The Morgan fingerprint density at radius 3 is 2.48 bits per heavy atom. The molecule has 1 aliphatic carbocycles. The van der Waals surface area contributed by atoms with E-state index in [1.165, 1.54) is 7.11 Å². The highest BCUT2D eigenvalue weighted by molar-refractivity contribution is 9.10. The molecule has 2 fully saturated rings. The third-order valence-electron chi connectivity index (χ3n) is 4.29. The van der Waals surface area contributed by atoms with Crippen molar-refractivity contribution >= 4 is 27.8 Å². The molecule has 0 radical (unpaired) electrons. The Morgan fingerprint density at radius 2 is 1.90 bits per heavy atom. The minimum absolute atomic E-state index is 0.0657. The van der Waals surface area contributed by atoms with Gasteiger partial charge in [-0.05, 0) is 47.7 Å². The number of hydrogen-bond acceptors (Lipinski definition) is 3. The predicted octanol–water partition coefficient (Wildman–Crippen LogP) is 2.61. The fourth-order valence-corrected chi connectivity index (χ4v) is 3.36. The number of esters is 1. The zero-order valence-electron chi connectivity index (χ0n) is 12.0. The van der Waals surface area contributed by atoms with Crippen LogP contribution in [-0.2, 0) is 9.53 Å². The van der Waals surface area contributed by atoms with Gasteiger partial charge >= 0.3 is 5.97 Å². The number of hydrogen-bond donors (Lipinski definition) is 0. The fraction of sp³-hybridized carbons (Fsp3) is 0.600. The molecule has 1 saturated heterocycles. The minimum atomic E-state index is -0.161. The number of piperidine rings is 1. The average Bonchev–Trinajstić information content (AvgIpc) is 3.28. The molecule has 3 rings (SSSR count). The first-order chi connectivity index (χ1) is 10.1. The van der Waals surface area contributed by atoms with Crippen molar-refractivity contribution < 1.29 is 14.3 Å². The minimum Gasteiger partial charge on any atom is -0.469 e. The molecule has 0 bridgehead atoms. The molecule has 2 heterocycles. The summed E-state index contributed by atoms with van der Waals surface area (Å²) in [5.41, 5.74) is 0.751. The van der Waals surface area contributed by atoms with Gasteiger partial charge < -0.3 is 14.2 Å². The summed E-state index contributed by atoms with van der Waals surface area (Å²) in [6.07, 6.45) is 5.65. The summed E-state index contributed by atoms with van der Waals surface area (Å²) in [5.74, 6) is -0.164. The molecule has 1 aromatic heterocycles. The lowest BCUT2D eigenvalue weighted by atomic mass is 9.97. The maximum atomic E-state index is 12.7. The number of carbonyl (C=O) groups excluding carboxylic acids is 2. The van der Waals surface area contributed by atoms with Crippen LogP contribution in [0.4, 0.5) is 0 Å². The quantitative estimate of drug-likeness (QED) is 0.784. The molecule has 21 heavy (non-hydrogen) atoms. The van der Waals surface area contributed by atoms with Crippen LogP contribution < -0.4 is 0 Å². The van der Waals surface area contributed by atoms with E-state index in [2.05, 4.69) is 20.5 Å². The molecule has 0 N–H and O–H groups in total. The molecule has 1 amide bonds. The van der Waals surface area contributed by atoms with E-state index < -0.39 is 0 Å². The van der Waals surface area contributed by atoms with Gasteiger partial charge in [-0.25, -0.2) is 0 Å². The number of methoxy groups -OCH3 is 1. The smallest absolute Gasteiger partial charge is 0.308 e. The van der Waals surface area contributed by atoms with Crippen molar-refractivity contribution in [3.8, 4) is 0 Å². The summed E-state index contributed by atoms with van der Waals surface area (Å²) in [6, 6.07) is 2.37. The van der Waals surface area contributed by atoms with Crippen LogP contribution in [-0.4, -0.2) is 41.5 Å². The average molecular weight is 355 g/mol. The van der Waals surface area contributed by atoms with Crippen LogP contribution in [0.3, 0.4) is 0 Å². The van der Waals surface area contributed by atoms with Crippen LogP contribution in [0.2, 0.25) is 0 Å². The van der Waals surface area contributed by atoms with E-state index in [0.29, 0.717) is 32.0 Å². The molecule has 0 unspecified atom stereocenters. The normalized spacial score (nSPS) is 19.6. The largest absolute Gasteiger partial charge is 0.469 e. The highest BCUT2D eigenvalue weighted by Gasteiger charge is 2.32. The van der Waals surface area contributed by atoms with E-state index in [4.69, 9.17) is 4.74 Å². The zero-order valence-corrected chi connectivity index (χ0v) is 13.6. The van der Waals surface area contributed by atoms with Crippen LogP contribution in [0.5, 0.6) is 0 Å². The summed E-state index contributed by atoms with van der Waals surface area (Å²) in [4.78, 5) is 26.1. The number of likely N-dealkylation sites (tertiary alicyclic amines) is 1. The van der Waals surface area contributed by atoms with Crippen molar-refractivity contribution in [1.29, 1.82) is 0 Å². The third-order valence-corrected chi connectivity index (χ3v) is 4.72. The molecule has 1 saturated carbocycles. The van der Waals surface area contributed by atoms with Gasteiger partial charge in [0.1, 0.15) is 5.69 Å². The van der Waals surface area contributed by atoms with Gasteiger partial charge in [0.2, 0.25) is 0 Å². The number of ether oxygens (including phenoxy) is 1. The summed E-state index contributed by atoms with van der Waals surface area (Å²) >= 11 is 3.46. The van der Waals surface area contributed by atoms with Gasteiger partial charge in [-0.2, -0.15) is 0 Å². The van der Waals surface area contributed by atoms with Crippen molar-refractivity contribution in [3.63, 3.8) is 0 Å². The summed E-state index contributed by atoms with van der Waals surface area (Å²) in [7, 11) is 1.42. The Hall–Kier alpha value is -1.30. The molecule has 1 aliphatic heterocycles. The number of halogens is 1. The van der Waals surface area contributed by atoms with E-state index in [-0.39, 0.29) is 17.8 Å². The topological polar surface area (TPSA) is 51.5 Å². The first-order valence-electron chi connectivity index (χ1n) is 7.34. The highest BCUT2D eigenvalue weighted by atomic mass is 79.9. The second-order valence-corrected chi connectivity index (χ2v) is 6.69. The summed E-state index contributed by atoms with van der Waals surface area (Å²) in [6.45, 7) is 1.23. The standard InChI is InChI=1S/C15H19BrN2O3/c1-21-15(20)10-4-6-17(7-5-10)14(19)13-8-11(16)9-18(13)12-2-3-12/h8-10,12H,2-7H2,1H3. The second-order valence-electron chi connectivity index (χ2n) is 5.77. The van der Waals surface area contributed by atoms with Gasteiger partial charge in [0.25, 0.3) is 5.91 Å². The fourth-order valence-electron chi connectivity index (χ4n) is 2.92. The molecule has 114 valence electrons. The van der Waals surface area contributed by atoms with Crippen molar-refractivity contribution in [3.05, 3.63) is 22.4 Å². The van der Waals surface area contributed by atoms with Crippen molar-refractivity contribution in [2.75, 3.05) is 20.2 Å². The molecular weight excluding hydrogens is 336 g/mol. The van der Waals surface area contributed by atoms with E-state index in [0.717, 1.165) is 23.0 Å². The predicted molar refractivity (Wildman–Crippen MR) is 81.0 cm³/mol. The Balaban J connectivity index is 1.68. The van der Waals surface area contributed by atoms with Gasteiger partial charge in [-0.3, -0.25) is 9.59 Å². The first-order valence-corrected chi connectivity index (χ1v) is 8.14. The number of rotatable bonds is 3. The van der Waals surface area contributed by atoms with Crippen molar-refractivity contribution in [1.82, 2.24) is 9.47 Å². The molecule has 6 heteroatoms. The lowest BCUT2D eigenvalue weighted by Crippen LogP contribution is -2.41. The lowest BCUT2D eigenvalue weighted by molar-refractivity contribution is -0.146. The van der Waals surface area contributed by atoms with Crippen LogP contribution in [0.25, 0.3) is 0 Å². The summed E-state index contributed by atoms with van der Waals surface area (Å²) < 4.78 is 7.81. The molecular formula is C15H19BrN2O3. The van der Waals surface area contributed by atoms with E-state index >= 15 is 0 Å². The maximum absolute atomic E-state index is 12.7. The van der Waals surface area contributed by atoms with Crippen LogP contribution in [0.1, 0.15) is 42.2 Å². The Bertz CT molecular complexity index is 557. The van der Waals surface area contributed by atoms with Gasteiger partial charge in [-0.1, -0.05) is 0 Å². The molecule has 5 nitrogen and oxygen atoms in total. The van der Waals surface area contributed by atoms with Crippen molar-refractivity contribution in [2.45, 2.75) is 31.7 Å². The molecule has 0 aromatic carbocycles. The second kappa shape index (κ2) is 5.83. The number of nitrogens with zero attached hydrogens (tertiary/aromatic N) is 2. The molecule has 0 spiro atoms. The van der Waals surface area contributed by atoms with Gasteiger partial charge in [0, 0.05) is 29.8 Å². The number of aromatic nitrogens is 1. The maximum Gasteiger partial charge on any atom is 0.308 e. The molecule has 2 aliphatic rings. The number of carbonyl (C=O) groups is 2. The first kappa shape index (κ1) is 14.6.